The Bertz CT molecular complexity index is 1040. The Balaban J connectivity index is 1.47. The largest absolute Gasteiger partial charge is 0.483 e. The summed E-state index contributed by atoms with van der Waals surface area (Å²) in [7, 11) is 0. The maximum absolute atomic E-state index is 12.6. The van der Waals surface area contributed by atoms with Gasteiger partial charge in [0.25, 0.3) is 11.6 Å². The number of benzene rings is 2. The molecule has 0 fully saturated rings. The highest BCUT2D eigenvalue weighted by atomic mass is 16.6. The lowest BCUT2D eigenvalue weighted by molar-refractivity contribution is -0.385. The number of rotatable bonds is 4. The van der Waals surface area contributed by atoms with Crippen LogP contribution in [0.25, 0.3) is 10.9 Å². The summed E-state index contributed by atoms with van der Waals surface area (Å²) in [6, 6.07) is 12.7. The third kappa shape index (κ3) is 3.12. The summed E-state index contributed by atoms with van der Waals surface area (Å²) in [4.78, 5) is 28.4. The third-order valence-corrected chi connectivity index (χ3v) is 5.04. The number of nitro benzene ring substituents is 1. The van der Waals surface area contributed by atoms with Crippen molar-refractivity contribution in [2.45, 2.75) is 19.9 Å². The molecule has 1 aliphatic rings. The molecule has 138 valence electrons. The second kappa shape index (κ2) is 6.75. The number of fused-ring (bicyclic) bond motifs is 3. The highest BCUT2D eigenvalue weighted by Gasteiger charge is 2.24. The Kier molecular flexibility index (Phi) is 4.27. The number of aromatic amines is 1. The van der Waals surface area contributed by atoms with Gasteiger partial charge < -0.3 is 14.6 Å². The van der Waals surface area contributed by atoms with E-state index in [9.17, 15) is 14.9 Å². The quantitative estimate of drug-likeness (QED) is 0.567. The molecule has 3 aromatic rings. The van der Waals surface area contributed by atoms with Crippen molar-refractivity contribution >= 4 is 22.5 Å². The number of nitro groups is 1. The van der Waals surface area contributed by atoms with E-state index < -0.39 is 4.92 Å². The molecular formula is C20H19N3O4. The second-order valence-corrected chi connectivity index (χ2v) is 6.64. The Morgan fingerprint density at radius 2 is 2.07 bits per heavy atom. The van der Waals surface area contributed by atoms with E-state index >= 15 is 0 Å². The minimum absolute atomic E-state index is 0.0126. The van der Waals surface area contributed by atoms with Crippen LogP contribution >= 0.6 is 0 Å². The Labute approximate surface area is 155 Å². The molecule has 0 saturated carbocycles. The predicted octanol–water partition coefficient (Wildman–Crippen LogP) is 3.35. The predicted molar refractivity (Wildman–Crippen MR) is 101 cm³/mol. The van der Waals surface area contributed by atoms with Crippen molar-refractivity contribution in [3.05, 3.63) is 69.4 Å². The van der Waals surface area contributed by atoms with Gasteiger partial charge in [-0.15, -0.1) is 0 Å². The minimum atomic E-state index is -0.451. The molecule has 0 spiro atoms. The second-order valence-electron chi connectivity index (χ2n) is 6.64. The molecule has 2 heterocycles. The molecule has 7 nitrogen and oxygen atoms in total. The van der Waals surface area contributed by atoms with Crippen LogP contribution in [0.4, 0.5) is 5.69 Å². The number of carbonyl (C=O) groups is 1. The minimum Gasteiger partial charge on any atom is -0.483 e. The van der Waals surface area contributed by atoms with Crippen molar-refractivity contribution in [3.63, 3.8) is 0 Å². The maximum Gasteiger partial charge on any atom is 0.276 e. The summed E-state index contributed by atoms with van der Waals surface area (Å²) in [5.74, 6) is 0.235. The van der Waals surface area contributed by atoms with Gasteiger partial charge in [-0.3, -0.25) is 14.9 Å². The lowest BCUT2D eigenvalue weighted by atomic mass is 10.0. The first-order valence-corrected chi connectivity index (χ1v) is 8.77. The van der Waals surface area contributed by atoms with Crippen LogP contribution in [0.5, 0.6) is 5.75 Å². The molecule has 0 saturated heterocycles. The first-order chi connectivity index (χ1) is 13.0. The van der Waals surface area contributed by atoms with E-state index in [0.717, 1.165) is 22.9 Å². The van der Waals surface area contributed by atoms with E-state index in [4.69, 9.17) is 4.74 Å². The molecule has 2 aromatic carbocycles. The number of para-hydroxylation sites is 1. The average Bonchev–Trinajstić information content (AvgIpc) is 3.04. The zero-order valence-electron chi connectivity index (χ0n) is 14.9. The van der Waals surface area contributed by atoms with Gasteiger partial charge in [0, 0.05) is 47.7 Å². The van der Waals surface area contributed by atoms with Crippen LogP contribution in [0.15, 0.2) is 42.5 Å². The average molecular weight is 365 g/mol. The molecule has 0 radical (unpaired) electrons. The van der Waals surface area contributed by atoms with E-state index in [1.165, 1.54) is 11.8 Å². The molecule has 4 rings (SSSR count). The van der Waals surface area contributed by atoms with Gasteiger partial charge in [0.1, 0.15) is 5.75 Å². The molecule has 0 bridgehead atoms. The number of nitrogens with zero attached hydrogens (tertiary/aromatic N) is 2. The van der Waals surface area contributed by atoms with E-state index in [1.54, 1.807) is 24.0 Å². The van der Waals surface area contributed by atoms with Crippen LogP contribution in [-0.2, 0) is 17.8 Å². The standard InChI is InChI=1S/C20H19N3O4/c1-13-18(23(25)26)7-4-8-19(13)27-12-20(24)22-10-9-17-15(11-22)14-5-2-3-6-16(14)21-17/h2-8,21H,9-12H2,1H3. The number of hydrogen-bond donors (Lipinski definition) is 1. The highest BCUT2D eigenvalue weighted by Crippen LogP contribution is 2.29. The molecule has 27 heavy (non-hydrogen) atoms. The number of ether oxygens (including phenoxy) is 1. The molecule has 0 aliphatic carbocycles. The molecule has 1 aromatic heterocycles. The van der Waals surface area contributed by atoms with Crippen LogP contribution in [-0.4, -0.2) is 33.9 Å². The molecule has 0 unspecified atom stereocenters. The Morgan fingerprint density at radius 1 is 1.26 bits per heavy atom. The van der Waals surface area contributed by atoms with Gasteiger partial charge in [-0.2, -0.15) is 0 Å². The van der Waals surface area contributed by atoms with Crippen molar-refractivity contribution in [2.75, 3.05) is 13.2 Å². The first-order valence-electron chi connectivity index (χ1n) is 8.77. The molecule has 0 atom stereocenters. The van der Waals surface area contributed by atoms with Crippen LogP contribution in [0, 0.1) is 17.0 Å². The number of nitrogens with one attached hydrogen (secondary N) is 1. The molecular weight excluding hydrogens is 346 g/mol. The number of H-pyrrole nitrogens is 1. The number of amides is 1. The highest BCUT2D eigenvalue weighted by molar-refractivity contribution is 5.86. The first kappa shape index (κ1) is 17.1. The summed E-state index contributed by atoms with van der Waals surface area (Å²) >= 11 is 0. The van der Waals surface area contributed by atoms with Gasteiger partial charge in [0.15, 0.2) is 6.61 Å². The molecule has 1 amide bonds. The van der Waals surface area contributed by atoms with Crippen molar-refractivity contribution in [2.24, 2.45) is 0 Å². The zero-order chi connectivity index (χ0) is 19.0. The number of carbonyl (C=O) groups excluding carboxylic acids is 1. The maximum atomic E-state index is 12.6. The monoisotopic (exact) mass is 365 g/mol. The van der Waals surface area contributed by atoms with Crippen LogP contribution in [0.1, 0.15) is 16.8 Å². The summed E-state index contributed by atoms with van der Waals surface area (Å²) in [6.45, 7) is 2.64. The van der Waals surface area contributed by atoms with Crippen molar-refractivity contribution in [1.82, 2.24) is 9.88 Å². The summed E-state index contributed by atoms with van der Waals surface area (Å²) in [5.41, 5.74) is 3.82. The lowest BCUT2D eigenvalue weighted by Gasteiger charge is -2.27. The Hall–Kier alpha value is -3.35. The Morgan fingerprint density at radius 3 is 2.89 bits per heavy atom. The fourth-order valence-corrected chi connectivity index (χ4v) is 3.57. The molecule has 1 N–H and O–H groups in total. The van der Waals surface area contributed by atoms with E-state index in [1.807, 2.05) is 18.2 Å². The number of aromatic nitrogens is 1. The molecule has 1 aliphatic heterocycles. The zero-order valence-corrected chi connectivity index (χ0v) is 14.9. The summed E-state index contributed by atoms with van der Waals surface area (Å²) in [5, 5.41) is 12.2. The molecule has 7 heteroatoms. The van der Waals surface area contributed by atoms with Crippen molar-refractivity contribution < 1.29 is 14.5 Å². The van der Waals surface area contributed by atoms with Gasteiger partial charge in [-0.05, 0) is 19.1 Å². The fourth-order valence-electron chi connectivity index (χ4n) is 3.57. The van der Waals surface area contributed by atoms with E-state index in [0.29, 0.717) is 24.4 Å². The van der Waals surface area contributed by atoms with Crippen molar-refractivity contribution in [3.8, 4) is 5.75 Å². The summed E-state index contributed by atoms with van der Waals surface area (Å²) in [6.07, 6.45) is 0.769. The topological polar surface area (TPSA) is 88.5 Å². The van der Waals surface area contributed by atoms with Crippen LogP contribution in [0.2, 0.25) is 0 Å². The number of hydrogen-bond acceptors (Lipinski definition) is 4. The SMILES string of the molecule is Cc1c(OCC(=O)N2CCc3[nH]c4ccccc4c3C2)cccc1[N+](=O)[O-]. The van der Waals surface area contributed by atoms with Crippen LogP contribution < -0.4 is 4.74 Å². The van der Waals surface area contributed by atoms with Gasteiger partial charge in [-0.25, -0.2) is 0 Å². The van der Waals surface area contributed by atoms with Gasteiger partial charge in [-0.1, -0.05) is 24.3 Å². The fraction of sp³-hybridized carbons (Fsp3) is 0.250. The van der Waals surface area contributed by atoms with E-state index in [2.05, 4.69) is 11.1 Å². The van der Waals surface area contributed by atoms with Gasteiger partial charge >= 0.3 is 0 Å². The summed E-state index contributed by atoms with van der Waals surface area (Å²) < 4.78 is 5.60. The van der Waals surface area contributed by atoms with Gasteiger partial charge in [0.2, 0.25) is 0 Å². The third-order valence-electron chi connectivity index (χ3n) is 5.04. The smallest absolute Gasteiger partial charge is 0.276 e. The van der Waals surface area contributed by atoms with Crippen LogP contribution in [0.3, 0.4) is 0 Å². The lowest BCUT2D eigenvalue weighted by Crippen LogP contribution is -2.38. The van der Waals surface area contributed by atoms with Crippen molar-refractivity contribution in [1.29, 1.82) is 0 Å². The van der Waals surface area contributed by atoms with E-state index in [-0.39, 0.29) is 18.2 Å². The normalized spacial score (nSPS) is 13.4. The van der Waals surface area contributed by atoms with Gasteiger partial charge in [0.05, 0.1) is 10.5 Å².